The van der Waals surface area contributed by atoms with Crippen LogP contribution in [-0.2, 0) is 14.3 Å². The van der Waals surface area contributed by atoms with Gasteiger partial charge in [-0.05, 0) is 51.4 Å². The molecular weight excluding hydrogens is 979 g/mol. The highest BCUT2D eigenvalue weighted by atomic mass is 16.7. The molecular formula is C67H129NO10. The normalized spacial score (nSPS) is 19.5. The summed E-state index contributed by atoms with van der Waals surface area (Å²) in [7, 11) is 0. The van der Waals surface area contributed by atoms with E-state index < -0.39 is 74.2 Å². The van der Waals surface area contributed by atoms with Crippen LogP contribution in [0.15, 0.2) is 24.3 Å². The summed E-state index contributed by atoms with van der Waals surface area (Å²) in [6.45, 7) is 3.46. The van der Waals surface area contributed by atoms with Gasteiger partial charge >= 0.3 is 0 Å². The first-order chi connectivity index (χ1) is 38.2. The number of carbonyl (C=O) groups is 1. The van der Waals surface area contributed by atoms with Gasteiger partial charge in [0.05, 0.1) is 25.4 Å². The summed E-state index contributed by atoms with van der Waals surface area (Å²) >= 11 is 0. The molecule has 0 radical (unpaired) electrons. The van der Waals surface area contributed by atoms with Gasteiger partial charge in [0.1, 0.15) is 36.6 Å². The third-order valence-corrected chi connectivity index (χ3v) is 16.5. The molecule has 1 fully saturated rings. The summed E-state index contributed by atoms with van der Waals surface area (Å²) in [5.74, 6) is -0.705. The lowest BCUT2D eigenvalue weighted by molar-refractivity contribution is -0.303. The Labute approximate surface area is 480 Å². The molecule has 0 aliphatic carbocycles. The number of hydrogen-bond donors (Lipinski definition) is 8. The Kier molecular flexibility index (Phi) is 53.6. The highest BCUT2D eigenvalue weighted by Gasteiger charge is 2.44. The first-order valence-electron chi connectivity index (χ1n) is 33.7. The molecule has 1 amide bonds. The summed E-state index contributed by atoms with van der Waals surface area (Å²) in [4.78, 5) is 13.2. The Balaban J connectivity index is 2.13. The zero-order chi connectivity index (χ0) is 56.8. The topological polar surface area (TPSA) is 189 Å². The van der Waals surface area contributed by atoms with Crippen molar-refractivity contribution < 1.29 is 50.0 Å². The van der Waals surface area contributed by atoms with Gasteiger partial charge in [0.2, 0.25) is 5.91 Å². The van der Waals surface area contributed by atoms with Crippen molar-refractivity contribution >= 4 is 5.91 Å². The molecule has 0 aromatic carbocycles. The van der Waals surface area contributed by atoms with Crippen LogP contribution in [0.25, 0.3) is 0 Å². The molecule has 0 saturated carbocycles. The molecule has 462 valence electrons. The largest absolute Gasteiger partial charge is 0.394 e. The Morgan fingerprint density at radius 3 is 1.14 bits per heavy atom. The number of hydrogen-bond acceptors (Lipinski definition) is 10. The summed E-state index contributed by atoms with van der Waals surface area (Å²) in [5.41, 5.74) is 0. The smallest absolute Gasteiger partial charge is 0.249 e. The minimum Gasteiger partial charge on any atom is -0.394 e. The third kappa shape index (κ3) is 43.3. The monoisotopic (exact) mass is 1110 g/mol. The van der Waals surface area contributed by atoms with E-state index in [0.29, 0.717) is 19.3 Å². The first-order valence-corrected chi connectivity index (χ1v) is 33.7. The van der Waals surface area contributed by atoms with Crippen molar-refractivity contribution in [2.45, 2.75) is 384 Å². The molecule has 0 bridgehead atoms. The molecule has 1 aliphatic rings. The molecule has 0 aromatic heterocycles. The standard InChI is InChI=1S/C67H129NO10/c1-3-5-7-9-11-13-15-17-19-20-21-22-23-24-25-26-27-28-29-30-31-32-33-34-35-36-37-38-39-41-43-45-47-49-51-53-55-60(71)66(76)68-58(57-77-67-65(75)64(74)63(73)61(56-69)78-67)62(72)59(70)54-52-50-48-46-44-42-40-18-16-14-12-10-8-6-4-2/h18,40,46,48,58-65,67,69-75H,3-17,19-39,41-45,47,49-57H2,1-2H3,(H,68,76)/b40-18+,48-46+. The number of unbranched alkanes of at least 4 members (excludes halogenated alkanes) is 43. The van der Waals surface area contributed by atoms with Crippen molar-refractivity contribution in [2.24, 2.45) is 0 Å². The van der Waals surface area contributed by atoms with Crippen LogP contribution in [0.4, 0.5) is 0 Å². The molecule has 1 heterocycles. The van der Waals surface area contributed by atoms with E-state index in [4.69, 9.17) is 9.47 Å². The molecule has 11 heteroatoms. The van der Waals surface area contributed by atoms with Gasteiger partial charge in [0.25, 0.3) is 0 Å². The van der Waals surface area contributed by atoms with E-state index in [1.165, 1.54) is 244 Å². The fourth-order valence-electron chi connectivity index (χ4n) is 11.1. The predicted octanol–water partition coefficient (Wildman–Crippen LogP) is 15.6. The quantitative estimate of drug-likeness (QED) is 0.0215. The zero-order valence-corrected chi connectivity index (χ0v) is 50.9. The lowest BCUT2D eigenvalue weighted by Crippen LogP contribution is -2.60. The van der Waals surface area contributed by atoms with Gasteiger partial charge in [0.15, 0.2) is 6.29 Å². The maximum atomic E-state index is 13.2. The Morgan fingerprint density at radius 2 is 0.769 bits per heavy atom. The number of allylic oxidation sites excluding steroid dienone is 4. The molecule has 11 nitrogen and oxygen atoms in total. The van der Waals surface area contributed by atoms with Crippen molar-refractivity contribution in [2.75, 3.05) is 13.2 Å². The number of nitrogens with one attached hydrogen (secondary N) is 1. The zero-order valence-electron chi connectivity index (χ0n) is 50.9. The van der Waals surface area contributed by atoms with Crippen LogP contribution in [0.5, 0.6) is 0 Å². The minimum atomic E-state index is -1.67. The second-order valence-corrected chi connectivity index (χ2v) is 23.9. The van der Waals surface area contributed by atoms with Crippen LogP contribution in [0, 0.1) is 0 Å². The van der Waals surface area contributed by atoms with Gasteiger partial charge in [0, 0.05) is 0 Å². The van der Waals surface area contributed by atoms with Gasteiger partial charge < -0.3 is 50.5 Å². The average Bonchev–Trinajstić information content (AvgIpc) is 3.46. The van der Waals surface area contributed by atoms with Crippen molar-refractivity contribution in [3.8, 4) is 0 Å². The molecule has 1 saturated heterocycles. The van der Waals surface area contributed by atoms with Crippen molar-refractivity contribution in [3.63, 3.8) is 0 Å². The SMILES string of the molecule is CCCCCCCC/C=C/CC/C=C/CCCC(O)C(O)C(COC1OC(CO)C(O)C(O)C1O)NC(=O)C(O)CCCCCCCCCCCCCCCCCCCCCCCCCCCCCCCCCCCCCC. The Morgan fingerprint density at radius 1 is 0.436 bits per heavy atom. The average molecular weight is 1110 g/mol. The van der Waals surface area contributed by atoms with Crippen LogP contribution < -0.4 is 5.32 Å². The van der Waals surface area contributed by atoms with Crippen LogP contribution in [0.1, 0.15) is 328 Å². The summed E-state index contributed by atoms with van der Waals surface area (Å²) in [5, 5.41) is 76.2. The van der Waals surface area contributed by atoms with Crippen molar-refractivity contribution in [1.29, 1.82) is 0 Å². The number of aliphatic hydroxyl groups is 7. The first kappa shape index (κ1) is 74.6. The number of amides is 1. The Bertz CT molecular complexity index is 1320. The van der Waals surface area contributed by atoms with Crippen LogP contribution >= 0.6 is 0 Å². The van der Waals surface area contributed by atoms with E-state index in [-0.39, 0.29) is 12.8 Å². The van der Waals surface area contributed by atoms with Gasteiger partial charge in [-0.3, -0.25) is 4.79 Å². The van der Waals surface area contributed by atoms with Crippen molar-refractivity contribution in [3.05, 3.63) is 24.3 Å². The summed E-state index contributed by atoms with van der Waals surface area (Å²) in [6, 6.07) is -1.19. The highest BCUT2D eigenvalue weighted by molar-refractivity contribution is 5.80. The molecule has 1 rings (SSSR count). The second-order valence-electron chi connectivity index (χ2n) is 23.9. The molecule has 9 atom stereocenters. The van der Waals surface area contributed by atoms with Crippen LogP contribution in [-0.4, -0.2) is 110 Å². The maximum Gasteiger partial charge on any atom is 0.249 e. The predicted molar refractivity (Wildman–Crippen MR) is 326 cm³/mol. The van der Waals surface area contributed by atoms with Gasteiger partial charge in [-0.1, -0.05) is 301 Å². The number of carbonyl (C=O) groups excluding carboxylic acids is 1. The molecule has 1 aliphatic heterocycles. The molecule has 8 N–H and O–H groups in total. The van der Waals surface area contributed by atoms with E-state index in [9.17, 15) is 40.5 Å². The number of aliphatic hydroxyl groups excluding tert-OH is 7. The van der Waals surface area contributed by atoms with Gasteiger partial charge in [-0.2, -0.15) is 0 Å². The van der Waals surface area contributed by atoms with E-state index in [1.54, 1.807) is 0 Å². The summed E-state index contributed by atoms with van der Waals surface area (Å²) in [6.07, 6.45) is 58.6. The van der Waals surface area contributed by atoms with E-state index >= 15 is 0 Å². The van der Waals surface area contributed by atoms with Gasteiger partial charge in [-0.25, -0.2) is 0 Å². The lowest BCUT2D eigenvalue weighted by Gasteiger charge is -2.40. The lowest BCUT2D eigenvalue weighted by atomic mass is 9.98. The van der Waals surface area contributed by atoms with Crippen LogP contribution in [0.3, 0.4) is 0 Å². The second kappa shape index (κ2) is 56.1. The molecule has 9 unspecified atom stereocenters. The van der Waals surface area contributed by atoms with E-state index in [1.807, 2.05) is 0 Å². The van der Waals surface area contributed by atoms with E-state index in [2.05, 4.69) is 43.5 Å². The van der Waals surface area contributed by atoms with E-state index in [0.717, 1.165) is 38.5 Å². The molecule has 0 spiro atoms. The maximum absolute atomic E-state index is 13.2. The minimum absolute atomic E-state index is 0.248. The van der Waals surface area contributed by atoms with Crippen molar-refractivity contribution in [1.82, 2.24) is 5.32 Å². The molecule has 0 aromatic rings. The fourth-order valence-corrected chi connectivity index (χ4v) is 11.1. The third-order valence-electron chi connectivity index (χ3n) is 16.5. The fraction of sp³-hybridized carbons (Fsp3) is 0.925. The van der Waals surface area contributed by atoms with Crippen LogP contribution in [0.2, 0.25) is 0 Å². The summed E-state index contributed by atoms with van der Waals surface area (Å²) < 4.78 is 11.1. The molecule has 78 heavy (non-hydrogen) atoms. The highest BCUT2D eigenvalue weighted by Crippen LogP contribution is 2.24. The number of rotatable bonds is 59. The Hall–Kier alpha value is -1.41. The number of ether oxygens (including phenoxy) is 2. The van der Waals surface area contributed by atoms with Gasteiger partial charge in [-0.15, -0.1) is 0 Å².